The summed E-state index contributed by atoms with van der Waals surface area (Å²) in [5, 5.41) is 19.9. The van der Waals surface area contributed by atoms with Crippen molar-refractivity contribution in [3.63, 3.8) is 0 Å². The fraction of sp³-hybridized carbons (Fsp3) is 0.154. The van der Waals surface area contributed by atoms with Crippen LogP contribution in [0, 0.1) is 11.6 Å². The van der Waals surface area contributed by atoms with Crippen molar-refractivity contribution in [2.45, 2.75) is 6.18 Å². The highest BCUT2D eigenvalue weighted by Gasteiger charge is 2.39. The molecule has 6 nitrogen and oxygen atoms in total. The second-order valence-corrected chi connectivity index (χ2v) is 4.58. The lowest BCUT2D eigenvalue weighted by Gasteiger charge is -2.17. The van der Waals surface area contributed by atoms with Crippen molar-refractivity contribution in [2.24, 2.45) is 10.1 Å². The molecule has 0 saturated heterocycles. The Morgan fingerprint density at radius 1 is 1.25 bits per heavy atom. The molecule has 0 radical (unpaired) electrons. The van der Waals surface area contributed by atoms with Crippen LogP contribution in [0.1, 0.15) is 5.56 Å². The summed E-state index contributed by atoms with van der Waals surface area (Å²) >= 11 is 0. The molecule has 1 aliphatic heterocycles. The fourth-order valence-electron chi connectivity index (χ4n) is 1.88. The molecule has 2 N–H and O–H groups in total. The van der Waals surface area contributed by atoms with Crippen LogP contribution in [0.5, 0.6) is 5.75 Å². The van der Waals surface area contributed by atoms with Crippen molar-refractivity contribution in [3.05, 3.63) is 35.0 Å². The van der Waals surface area contributed by atoms with E-state index in [2.05, 4.69) is 10.1 Å². The molecule has 128 valence electrons. The van der Waals surface area contributed by atoms with Gasteiger partial charge in [-0.1, -0.05) is 5.16 Å². The molecule has 1 amide bonds. The zero-order valence-electron chi connectivity index (χ0n) is 11.6. The van der Waals surface area contributed by atoms with Gasteiger partial charge in [0.05, 0.1) is 0 Å². The van der Waals surface area contributed by atoms with Crippen molar-refractivity contribution in [2.75, 3.05) is 6.54 Å². The van der Waals surface area contributed by atoms with E-state index in [4.69, 9.17) is 10.3 Å². The first-order valence-corrected chi connectivity index (χ1v) is 6.17. The maximum atomic E-state index is 13.3. The molecule has 2 rings (SSSR count). The number of halogens is 5. The number of benzene rings is 1. The molecular formula is C13H8F5N3O3. The van der Waals surface area contributed by atoms with E-state index in [1.165, 1.54) is 0 Å². The molecule has 1 aromatic rings. The average molecular weight is 349 g/mol. The van der Waals surface area contributed by atoms with Crippen LogP contribution in [-0.4, -0.2) is 45.9 Å². The number of hydrogen-bond acceptors (Lipinski definition) is 5. The Balaban J connectivity index is 2.42. The second-order valence-electron chi connectivity index (χ2n) is 4.58. The van der Waals surface area contributed by atoms with E-state index in [1.807, 2.05) is 0 Å². The number of carbonyl (C=O) groups is 1. The lowest BCUT2D eigenvalue weighted by atomic mass is 10.1. The SMILES string of the molecule is O=C1/C(=C/c2cc(F)c(O)c(F)c2)N=C(/C=N/O)N1CC(F)(F)F. The van der Waals surface area contributed by atoms with Crippen LogP contribution < -0.4 is 0 Å². The van der Waals surface area contributed by atoms with Gasteiger partial charge in [-0.15, -0.1) is 0 Å². The molecule has 0 atom stereocenters. The number of phenolic OH excluding ortho intramolecular Hbond substituents is 1. The highest BCUT2D eigenvalue weighted by molar-refractivity contribution is 6.37. The number of hydrogen-bond donors (Lipinski definition) is 2. The number of alkyl halides is 3. The second kappa shape index (κ2) is 6.26. The quantitative estimate of drug-likeness (QED) is 0.289. The van der Waals surface area contributed by atoms with Crippen molar-refractivity contribution in [1.82, 2.24) is 4.90 Å². The molecule has 0 bridgehead atoms. The monoisotopic (exact) mass is 349 g/mol. The maximum absolute atomic E-state index is 13.3. The first kappa shape index (κ1) is 17.4. The van der Waals surface area contributed by atoms with Crippen molar-refractivity contribution in [3.8, 4) is 5.75 Å². The van der Waals surface area contributed by atoms with Gasteiger partial charge in [-0.05, 0) is 23.8 Å². The van der Waals surface area contributed by atoms with Gasteiger partial charge in [0.2, 0.25) is 0 Å². The van der Waals surface area contributed by atoms with Gasteiger partial charge >= 0.3 is 6.18 Å². The Labute approximate surface area is 130 Å². The Morgan fingerprint density at radius 2 is 1.83 bits per heavy atom. The predicted molar refractivity (Wildman–Crippen MR) is 71.5 cm³/mol. The molecule has 1 heterocycles. The molecule has 0 spiro atoms. The standard InChI is InChI=1S/C13H8F5N3O3/c14-7-1-6(2-8(15)11(7)22)3-9-12(23)21(5-13(16,17)18)10(20-9)4-19-24/h1-4,22,24H,5H2/b9-3-,19-4+. The smallest absolute Gasteiger partial charge is 0.406 e. The van der Waals surface area contributed by atoms with E-state index in [0.29, 0.717) is 18.3 Å². The molecule has 1 aliphatic rings. The topological polar surface area (TPSA) is 85.5 Å². The normalized spacial score (nSPS) is 17.2. The van der Waals surface area contributed by atoms with Gasteiger partial charge in [-0.3, -0.25) is 9.69 Å². The van der Waals surface area contributed by atoms with Crippen LogP contribution in [0.25, 0.3) is 6.08 Å². The summed E-state index contributed by atoms with van der Waals surface area (Å²) in [5.74, 6) is -5.66. The van der Waals surface area contributed by atoms with Crippen LogP contribution in [0.3, 0.4) is 0 Å². The van der Waals surface area contributed by atoms with E-state index in [9.17, 15) is 26.7 Å². The molecule has 24 heavy (non-hydrogen) atoms. The number of aromatic hydroxyl groups is 1. The fourth-order valence-corrected chi connectivity index (χ4v) is 1.88. The Kier molecular flexibility index (Phi) is 4.53. The van der Waals surface area contributed by atoms with Crippen LogP contribution in [0.2, 0.25) is 0 Å². The Morgan fingerprint density at radius 3 is 2.33 bits per heavy atom. The highest BCUT2D eigenvalue weighted by Crippen LogP contribution is 2.26. The number of amides is 1. The number of nitrogens with zero attached hydrogens (tertiary/aromatic N) is 3. The van der Waals surface area contributed by atoms with Crippen molar-refractivity contribution >= 4 is 24.0 Å². The zero-order chi connectivity index (χ0) is 18.1. The van der Waals surface area contributed by atoms with Crippen molar-refractivity contribution in [1.29, 1.82) is 0 Å². The molecule has 0 unspecified atom stereocenters. The lowest BCUT2D eigenvalue weighted by molar-refractivity contribution is -0.149. The minimum absolute atomic E-state index is 0.193. The number of carbonyl (C=O) groups excluding carboxylic acids is 1. The number of aliphatic imine (C=N–C) groups is 1. The van der Waals surface area contributed by atoms with Gasteiger partial charge in [0.15, 0.2) is 23.2 Å². The van der Waals surface area contributed by atoms with Crippen molar-refractivity contribution < 1.29 is 37.1 Å². The van der Waals surface area contributed by atoms with Gasteiger partial charge in [-0.25, -0.2) is 13.8 Å². The largest absolute Gasteiger partial charge is 0.503 e. The van der Waals surface area contributed by atoms with E-state index in [0.717, 1.165) is 6.08 Å². The molecule has 1 aromatic carbocycles. The Bertz CT molecular complexity index is 748. The molecule has 0 saturated carbocycles. The van der Waals surface area contributed by atoms with E-state index < -0.39 is 47.5 Å². The number of amidine groups is 1. The summed E-state index contributed by atoms with van der Waals surface area (Å²) in [4.78, 5) is 15.7. The molecule has 0 aliphatic carbocycles. The Hall–Kier alpha value is -2.98. The van der Waals surface area contributed by atoms with Crippen LogP contribution in [-0.2, 0) is 4.79 Å². The van der Waals surface area contributed by atoms with E-state index in [-0.39, 0.29) is 10.5 Å². The summed E-state index contributed by atoms with van der Waals surface area (Å²) in [7, 11) is 0. The molecule has 11 heteroatoms. The van der Waals surface area contributed by atoms with Crippen LogP contribution in [0.15, 0.2) is 28.0 Å². The first-order chi connectivity index (χ1) is 11.1. The average Bonchev–Trinajstić information content (AvgIpc) is 2.72. The zero-order valence-corrected chi connectivity index (χ0v) is 11.6. The molecule has 0 aromatic heterocycles. The molecular weight excluding hydrogens is 341 g/mol. The van der Waals surface area contributed by atoms with Gasteiger partial charge in [0, 0.05) is 0 Å². The molecule has 0 fully saturated rings. The highest BCUT2D eigenvalue weighted by atomic mass is 19.4. The van der Waals surface area contributed by atoms with Gasteiger partial charge in [0.25, 0.3) is 5.91 Å². The van der Waals surface area contributed by atoms with Crippen LogP contribution >= 0.6 is 0 Å². The van der Waals surface area contributed by atoms with Gasteiger partial charge < -0.3 is 10.3 Å². The maximum Gasteiger partial charge on any atom is 0.406 e. The predicted octanol–water partition coefficient (Wildman–Crippen LogP) is 2.27. The summed E-state index contributed by atoms with van der Waals surface area (Å²) in [6.07, 6.45) is -3.40. The third kappa shape index (κ3) is 3.67. The summed E-state index contributed by atoms with van der Waals surface area (Å²) in [6.45, 7) is -1.69. The van der Waals surface area contributed by atoms with Gasteiger partial charge in [0.1, 0.15) is 18.5 Å². The minimum Gasteiger partial charge on any atom is -0.503 e. The van der Waals surface area contributed by atoms with E-state index >= 15 is 0 Å². The van der Waals surface area contributed by atoms with E-state index in [1.54, 1.807) is 0 Å². The summed E-state index contributed by atoms with van der Waals surface area (Å²) in [5.41, 5.74) is -0.803. The third-order valence-corrected chi connectivity index (χ3v) is 2.83. The minimum atomic E-state index is -4.74. The first-order valence-electron chi connectivity index (χ1n) is 6.17. The summed E-state index contributed by atoms with van der Waals surface area (Å²) in [6, 6.07) is 1.33. The number of oxime groups is 1. The lowest BCUT2D eigenvalue weighted by Crippen LogP contribution is -2.40. The van der Waals surface area contributed by atoms with Crippen LogP contribution in [0.4, 0.5) is 22.0 Å². The van der Waals surface area contributed by atoms with Gasteiger partial charge in [-0.2, -0.15) is 13.2 Å². The third-order valence-electron chi connectivity index (χ3n) is 2.83. The summed E-state index contributed by atoms with van der Waals surface area (Å²) < 4.78 is 64.0. The number of rotatable bonds is 3. The number of phenols is 1.